The summed E-state index contributed by atoms with van der Waals surface area (Å²) in [4.78, 5) is 19.8. The van der Waals surface area contributed by atoms with E-state index in [1.807, 2.05) is 19.9 Å². The molecule has 0 saturated carbocycles. The quantitative estimate of drug-likeness (QED) is 0.840. The molecule has 0 bridgehead atoms. The molecule has 2 aromatic rings. The lowest BCUT2D eigenvalue weighted by Gasteiger charge is -2.02. The van der Waals surface area contributed by atoms with Crippen LogP contribution in [0.3, 0.4) is 0 Å². The van der Waals surface area contributed by atoms with Gasteiger partial charge >= 0.3 is 0 Å². The van der Waals surface area contributed by atoms with Crippen LogP contribution in [0.25, 0.3) is 6.08 Å². The molecule has 0 radical (unpaired) electrons. The third kappa shape index (κ3) is 3.28. The van der Waals surface area contributed by atoms with Crippen molar-refractivity contribution in [1.29, 1.82) is 0 Å². The predicted molar refractivity (Wildman–Crippen MR) is 67.9 cm³/mol. The average Bonchev–Trinajstić information content (AvgIpc) is 2.77. The number of aromatic nitrogens is 2. The summed E-state index contributed by atoms with van der Waals surface area (Å²) in [6, 6.07) is 5.36. The van der Waals surface area contributed by atoms with Crippen molar-refractivity contribution >= 4 is 17.9 Å². The van der Waals surface area contributed by atoms with Gasteiger partial charge in [-0.15, -0.1) is 0 Å². The average molecular weight is 243 g/mol. The molecule has 5 heteroatoms. The van der Waals surface area contributed by atoms with Crippen LogP contribution >= 0.6 is 0 Å². The predicted octanol–water partition coefficient (Wildman–Crippen LogP) is 2.34. The maximum atomic E-state index is 11.6. The summed E-state index contributed by atoms with van der Waals surface area (Å²) in [7, 11) is 0. The fraction of sp³-hybridized carbons (Fsp3) is 0.154. The minimum atomic E-state index is -0.295. The second kappa shape index (κ2) is 5.27. The first-order valence-electron chi connectivity index (χ1n) is 5.48. The molecule has 0 aliphatic carbocycles. The van der Waals surface area contributed by atoms with Crippen molar-refractivity contribution in [3.63, 3.8) is 0 Å². The fourth-order valence-corrected chi connectivity index (χ4v) is 1.48. The van der Waals surface area contributed by atoms with Crippen molar-refractivity contribution in [3.8, 4) is 0 Å². The van der Waals surface area contributed by atoms with Crippen LogP contribution in [0.15, 0.2) is 35.0 Å². The van der Waals surface area contributed by atoms with Gasteiger partial charge in [-0.05, 0) is 38.1 Å². The molecule has 0 spiro atoms. The summed E-state index contributed by atoms with van der Waals surface area (Å²) in [5.41, 5.74) is 1.63. The highest BCUT2D eigenvalue weighted by atomic mass is 16.3. The van der Waals surface area contributed by atoms with Gasteiger partial charge in [-0.3, -0.25) is 10.1 Å². The molecule has 0 aromatic carbocycles. The standard InChI is InChI=1S/C13H13N3O2/c1-9-8-10(2)15-13(14-9)16-12(17)6-5-11-4-3-7-18-11/h3-8H,1-2H3,(H,14,15,16,17)/b6-5+. The normalized spacial score (nSPS) is 10.8. The van der Waals surface area contributed by atoms with E-state index in [4.69, 9.17) is 4.42 Å². The van der Waals surface area contributed by atoms with Crippen molar-refractivity contribution in [2.75, 3.05) is 5.32 Å². The molecule has 18 heavy (non-hydrogen) atoms. The van der Waals surface area contributed by atoms with Crippen LogP contribution < -0.4 is 5.32 Å². The van der Waals surface area contributed by atoms with Gasteiger partial charge < -0.3 is 4.42 Å². The molecular weight excluding hydrogens is 230 g/mol. The Hall–Kier alpha value is -2.43. The second-order valence-corrected chi connectivity index (χ2v) is 3.81. The van der Waals surface area contributed by atoms with E-state index in [0.717, 1.165) is 11.4 Å². The van der Waals surface area contributed by atoms with Gasteiger partial charge in [0.15, 0.2) is 0 Å². The number of amides is 1. The largest absolute Gasteiger partial charge is 0.465 e. The van der Waals surface area contributed by atoms with Crippen molar-refractivity contribution in [2.45, 2.75) is 13.8 Å². The van der Waals surface area contributed by atoms with E-state index in [-0.39, 0.29) is 5.91 Å². The number of hydrogen-bond acceptors (Lipinski definition) is 4. The number of aryl methyl sites for hydroxylation is 2. The van der Waals surface area contributed by atoms with Crippen LogP contribution in [0.5, 0.6) is 0 Å². The van der Waals surface area contributed by atoms with Gasteiger partial charge in [-0.2, -0.15) is 0 Å². The highest BCUT2D eigenvalue weighted by Gasteiger charge is 2.02. The molecule has 2 rings (SSSR count). The van der Waals surface area contributed by atoms with E-state index in [1.165, 1.54) is 6.08 Å². The van der Waals surface area contributed by atoms with E-state index in [1.54, 1.807) is 24.5 Å². The Bertz CT molecular complexity index is 554. The van der Waals surface area contributed by atoms with Crippen molar-refractivity contribution < 1.29 is 9.21 Å². The number of hydrogen-bond donors (Lipinski definition) is 1. The van der Waals surface area contributed by atoms with Crippen molar-refractivity contribution in [3.05, 3.63) is 47.7 Å². The summed E-state index contributed by atoms with van der Waals surface area (Å²) in [6.45, 7) is 3.70. The van der Waals surface area contributed by atoms with E-state index in [2.05, 4.69) is 15.3 Å². The van der Waals surface area contributed by atoms with Gasteiger partial charge in [0, 0.05) is 17.5 Å². The lowest BCUT2D eigenvalue weighted by molar-refractivity contribution is -0.111. The summed E-state index contributed by atoms with van der Waals surface area (Å²) in [5.74, 6) is 0.629. The van der Waals surface area contributed by atoms with E-state index in [0.29, 0.717) is 11.7 Å². The minimum absolute atomic E-state index is 0.295. The van der Waals surface area contributed by atoms with Gasteiger partial charge in [-0.25, -0.2) is 9.97 Å². The number of anilines is 1. The lowest BCUT2D eigenvalue weighted by Crippen LogP contribution is -2.11. The first kappa shape index (κ1) is 12.0. The molecule has 0 aliphatic rings. The Kier molecular flexibility index (Phi) is 3.52. The number of nitrogens with one attached hydrogen (secondary N) is 1. The molecule has 2 aromatic heterocycles. The maximum absolute atomic E-state index is 11.6. The van der Waals surface area contributed by atoms with E-state index < -0.39 is 0 Å². The zero-order valence-corrected chi connectivity index (χ0v) is 10.2. The third-order valence-electron chi connectivity index (χ3n) is 2.16. The third-order valence-corrected chi connectivity index (χ3v) is 2.16. The Morgan fingerprint density at radius 1 is 1.33 bits per heavy atom. The van der Waals surface area contributed by atoms with E-state index in [9.17, 15) is 4.79 Å². The van der Waals surface area contributed by atoms with Crippen LogP contribution in [0.1, 0.15) is 17.1 Å². The SMILES string of the molecule is Cc1cc(C)nc(NC(=O)/C=C/c2ccco2)n1. The fourth-order valence-electron chi connectivity index (χ4n) is 1.48. The van der Waals surface area contributed by atoms with Crippen molar-refractivity contribution in [2.24, 2.45) is 0 Å². The monoisotopic (exact) mass is 243 g/mol. The molecule has 0 saturated heterocycles. The molecule has 92 valence electrons. The Labute approximate surface area is 105 Å². The zero-order chi connectivity index (χ0) is 13.0. The van der Waals surface area contributed by atoms with Gasteiger partial charge in [-0.1, -0.05) is 0 Å². The molecule has 5 nitrogen and oxygen atoms in total. The number of nitrogens with zero attached hydrogens (tertiary/aromatic N) is 2. The van der Waals surface area contributed by atoms with E-state index >= 15 is 0 Å². The molecule has 0 fully saturated rings. The van der Waals surface area contributed by atoms with Gasteiger partial charge in [0.1, 0.15) is 5.76 Å². The Balaban J connectivity index is 2.03. The minimum Gasteiger partial charge on any atom is -0.465 e. The maximum Gasteiger partial charge on any atom is 0.250 e. The number of rotatable bonds is 3. The Morgan fingerprint density at radius 2 is 2.06 bits per heavy atom. The molecule has 0 unspecified atom stereocenters. The zero-order valence-electron chi connectivity index (χ0n) is 10.2. The number of furan rings is 1. The highest BCUT2D eigenvalue weighted by molar-refractivity contribution is 6.00. The van der Waals surface area contributed by atoms with Crippen LogP contribution in [-0.2, 0) is 4.79 Å². The lowest BCUT2D eigenvalue weighted by atomic mass is 10.3. The molecule has 0 atom stereocenters. The number of carbonyl (C=O) groups is 1. The molecule has 0 aliphatic heterocycles. The van der Waals surface area contributed by atoms with Crippen LogP contribution in [0.2, 0.25) is 0 Å². The summed E-state index contributed by atoms with van der Waals surface area (Å²) in [5, 5.41) is 2.60. The first-order chi connectivity index (χ1) is 8.63. The topological polar surface area (TPSA) is 68.0 Å². The Morgan fingerprint density at radius 3 is 2.67 bits per heavy atom. The highest BCUT2D eigenvalue weighted by Crippen LogP contribution is 2.05. The molecule has 1 amide bonds. The molecule has 2 heterocycles. The molecular formula is C13H13N3O2. The van der Waals surface area contributed by atoms with Crippen LogP contribution in [-0.4, -0.2) is 15.9 Å². The summed E-state index contributed by atoms with van der Waals surface area (Å²) in [6.07, 6.45) is 4.50. The van der Waals surface area contributed by atoms with Gasteiger partial charge in [0.2, 0.25) is 5.95 Å². The van der Waals surface area contributed by atoms with Crippen LogP contribution in [0.4, 0.5) is 5.95 Å². The van der Waals surface area contributed by atoms with Crippen molar-refractivity contribution in [1.82, 2.24) is 9.97 Å². The number of carbonyl (C=O) groups excluding carboxylic acids is 1. The van der Waals surface area contributed by atoms with Gasteiger partial charge in [0.05, 0.1) is 6.26 Å². The smallest absolute Gasteiger partial charge is 0.250 e. The summed E-state index contributed by atoms with van der Waals surface area (Å²) >= 11 is 0. The summed E-state index contributed by atoms with van der Waals surface area (Å²) < 4.78 is 5.07. The second-order valence-electron chi connectivity index (χ2n) is 3.81. The molecule has 1 N–H and O–H groups in total. The first-order valence-corrected chi connectivity index (χ1v) is 5.48. The van der Waals surface area contributed by atoms with Gasteiger partial charge in [0.25, 0.3) is 5.91 Å². The van der Waals surface area contributed by atoms with Crippen LogP contribution in [0, 0.1) is 13.8 Å².